The van der Waals surface area contributed by atoms with Gasteiger partial charge in [-0.2, -0.15) is 0 Å². The van der Waals surface area contributed by atoms with Gasteiger partial charge in [-0.15, -0.1) is 0 Å². The summed E-state index contributed by atoms with van der Waals surface area (Å²) >= 11 is 0. The molecule has 0 spiro atoms. The zero-order valence-electron chi connectivity index (χ0n) is 12.1. The van der Waals surface area contributed by atoms with E-state index in [1.807, 2.05) is 0 Å². The van der Waals surface area contributed by atoms with Gasteiger partial charge in [0.15, 0.2) is 0 Å². The summed E-state index contributed by atoms with van der Waals surface area (Å²) in [4.78, 5) is 12.9. The number of carboxylic acid groups (broad SMARTS) is 1. The lowest BCUT2D eigenvalue weighted by molar-refractivity contribution is -0.131. The summed E-state index contributed by atoms with van der Waals surface area (Å²) in [5.41, 5.74) is 1.57. The average molecular weight is 279 g/mol. The Kier molecular flexibility index (Phi) is 6.94. The van der Waals surface area contributed by atoms with Gasteiger partial charge in [-0.3, -0.25) is 4.90 Å². The quantitative estimate of drug-likeness (QED) is 0.740. The predicted octanol–water partition coefficient (Wildman–Crippen LogP) is 3.55. The molecule has 1 rings (SSSR count). The number of carbonyl (C=O) groups is 1. The van der Waals surface area contributed by atoms with Gasteiger partial charge in [0.1, 0.15) is 5.82 Å². The molecule has 0 aliphatic carbocycles. The zero-order valence-corrected chi connectivity index (χ0v) is 12.1. The van der Waals surface area contributed by atoms with Crippen molar-refractivity contribution >= 4 is 12.0 Å². The number of halogens is 1. The largest absolute Gasteiger partial charge is 0.478 e. The van der Waals surface area contributed by atoms with Crippen molar-refractivity contribution in [1.29, 1.82) is 0 Å². The van der Waals surface area contributed by atoms with Gasteiger partial charge in [-0.05, 0) is 48.8 Å². The van der Waals surface area contributed by atoms with Crippen molar-refractivity contribution in [2.75, 3.05) is 13.1 Å². The summed E-state index contributed by atoms with van der Waals surface area (Å²) < 4.78 is 13.3. The third-order valence-corrected chi connectivity index (χ3v) is 3.18. The van der Waals surface area contributed by atoms with Crippen molar-refractivity contribution in [2.45, 2.75) is 33.2 Å². The molecule has 1 aromatic rings. The van der Waals surface area contributed by atoms with Gasteiger partial charge in [-0.25, -0.2) is 9.18 Å². The second kappa shape index (κ2) is 8.48. The van der Waals surface area contributed by atoms with E-state index >= 15 is 0 Å². The van der Waals surface area contributed by atoms with Crippen LogP contribution < -0.4 is 0 Å². The highest BCUT2D eigenvalue weighted by atomic mass is 19.1. The number of hydrogen-bond acceptors (Lipinski definition) is 2. The van der Waals surface area contributed by atoms with Crippen LogP contribution in [-0.4, -0.2) is 29.1 Å². The van der Waals surface area contributed by atoms with Crippen molar-refractivity contribution < 1.29 is 14.3 Å². The molecule has 3 nitrogen and oxygen atoms in total. The summed E-state index contributed by atoms with van der Waals surface area (Å²) in [6, 6.07) is 4.52. The fourth-order valence-corrected chi connectivity index (χ4v) is 2.00. The first-order chi connectivity index (χ1) is 9.56. The molecule has 0 saturated carbocycles. The fourth-order valence-electron chi connectivity index (χ4n) is 2.00. The number of benzene rings is 1. The minimum absolute atomic E-state index is 0.351. The summed E-state index contributed by atoms with van der Waals surface area (Å²) in [5.74, 6) is -1.38. The lowest BCUT2D eigenvalue weighted by Crippen LogP contribution is -2.24. The molecule has 0 unspecified atom stereocenters. The Bertz CT molecular complexity index is 472. The van der Waals surface area contributed by atoms with Crippen molar-refractivity contribution in [3.63, 3.8) is 0 Å². The topological polar surface area (TPSA) is 40.5 Å². The molecule has 4 heteroatoms. The maximum atomic E-state index is 13.3. The normalized spacial score (nSPS) is 11.4. The van der Waals surface area contributed by atoms with E-state index in [1.54, 1.807) is 6.07 Å². The van der Waals surface area contributed by atoms with Gasteiger partial charge in [-0.1, -0.05) is 26.3 Å². The van der Waals surface area contributed by atoms with E-state index in [1.165, 1.54) is 18.2 Å². The predicted molar refractivity (Wildman–Crippen MR) is 78.9 cm³/mol. The highest BCUT2D eigenvalue weighted by molar-refractivity contribution is 5.85. The van der Waals surface area contributed by atoms with E-state index in [2.05, 4.69) is 18.7 Å². The monoisotopic (exact) mass is 279 g/mol. The van der Waals surface area contributed by atoms with Crippen LogP contribution in [0, 0.1) is 5.82 Å². The first-order valence-electron chi connectivity index (χ1n) is 6.98. The van der Waals surface area contributed by atoms with E-state index in [9.17, 15) is 9.18 Å². The molecule has 20 heavy (non-hydrogen) atoms. The second-order valence-electron chi connectivity index (χ2n) is 4.74. The molecule has 0 radical (unpaired) electrons. The van der Waals surface area contributed by atoms with Crippen molar-refractivity contribution in [1.82, 2.24) is 4.90 Å². The van der Waals surface area contributed by atoms with Gasteiger partial charge < -0.3 is 5.11 Å². The maximum Gasteiger partial charge on any atom is 0.328 e. The molecule has 0 bridgehead atoms. The molecule has 0 aliphatic rings. The van der Waals surface area contributed by atoms with E-state index in [0.717, 1.165) is 37.6 Å². The molecule has 1 aromatic carbocycles. The lowest BCUT2D eigenvalue weighted by Gasteiger charge is -2.21. The Hall–Kier alpha value is -1.68. The molecule has 0 aliphatic heterocycles. The second-order valence-corrected chi connectivity index (χ2v) is 4.74. The van der Waals surface area contributed by atoms with Crippen molar-refractivity contribution in [3.8, 4) is 0 Å². The molecule has 1 N–H and O–H groups in total. The van der Waals surface area contributed by atoms with Crippen LogP contribution in [0.15, 0.2) is 24.3 Å². The Morgan fingerprint density at radius 3 is 2.75 bits per heavy atom. The molecule has 0 saturated heterocycles. The van der Waals surface area contributed by atoms with Crippen molar-refractivity contribution in [2.24, 2.45) is 0 Å². The molecular formula is C16H22FNO2. The minimum atomic E-state index is -1.03. The number of hydrogen-bond donors (Lipinski definition) is 1. The summed E-state index contributed by atoms with van der Waals surface area (Å²) in [5, 5.41) is 8.69. The van der Waals surface area contributed by atoms with Gasteiger partial charge in [0, 0.05) is 12.6 Å². The minimum Gasteiger partial charge on any atom is -0.478 e. The number of unbranched alkanes of at least 4 members (excludes halogenated alkanes) is 1. The third kappa shape index (κ3) is 5.53. The van der Waals surface area contributed by atoms with Gasteiger partial charge in [0.25, 0.3) is 0 Å². The first kappa shape index (κ1) is 16.4. The summed E-state index contributed by atoms with van der Waals surface area (Å²) in [7, 11) is 0. The van der Waals surface area contributed by atoms with Crippen LogP contribution in [0.25, 0.3) is 6.08 Å². The zero-order chi connectivity index (χ0) is 15.0. The van der Waals surface area contributed by atoms with Crippen molar-refractivity contribution in [3.05, 3.63) is 41.2 Å². The molecule has 0 aromatic heterocycles. The van der Waals surface area contributed by atoms with Gasteiger partial charge >= 0.3 is 5.97 Å². The molecule has 0 fully saturated rings. The van der Waals surface area contributed by atoms with Crippen LogP contribution in [0.5, 0.6) is 0 Å². The Morgan fingerprint density at radius 2 is 2.15 bits per heavy atom. The summed E-state index contributed by atoms with van der Waals surface area (Å²) in [6.07, 6.45) is 4.75. The van der Waals surface area contributed by atoms with E-state index in [0.29, 0.717) is 12.1 Å². The van der Waals surface area contributed by atoms with Crippen LogP contribution in [0.2, 0.25) is 0 Å². The van der Waals surface area contributed by atoms with Gasteiger partial charge in [0.2, 0.25) is 0 Å². The Balaban J connectivity index is 2.89. The number of aliphatic carboxylic acids is 1. The van der Waals surface area contributed by atoms with E-state index in [-0.39, 0.29) is 5.82 Å². The molecule has 0 heterocycles. The number of rotatable bonds is 8. The first-order valence-corrected chi connectivity index (χ1v) is 6.98. The Morgan fingerprint density at radius 1 is 1.40 bits per heavy atom. The van der Waals surface area contributed by atoms with Gasteiger partial charge in [0.05, 0.1) is 0 Å². The van der Waals surface area contributed by atoms with Crippen LogP contribution in [0.1, 0.15) is 37.8 Å². The van der Waals surface area contributed by atoms with Crippen LogP contribution in [0.3, 0.4) is 0 Å². The smallest absolute Gasteiger partial charge is 0.328 e. The maximum absolute atomic E-state index is 13.3. The van der Waals surface area contributed by atoms with Crippen LogP contribution >= 0.6 is 0 Å². The Labute approximate surface area is 119 Å². The van der Waals surface area contributed by atoms with E-state index < -0.39 is 5.97 Å². The standard InChI is InChI=1S/C16H22FNO2/c1-3-5-10-18(4-2)12-14-6-8-15(17)11-13(14)7-9-16(19)20/h6-9,11H,3-5,10,12H2,1-2H3,(H,19,20). The fraction of sp³-hybridized carbons (Fsp3) is 0.438. The molecule has 0 amide bonds. The molecule has 0 atom stereocenters. The highest BCUT2D eigenvalue weighted by Crippen LogP contribution is 2.16. The molecule has 110 valence electrons. The highest BCUT2D eigenvalue weighted by Gasteiger charge is 2.07. The lowest BCUT2D eigenvalue weighted by atomic mass is 10.1. The van der Waals surface area contributed by atoms with Crippen LogP contribution in [0.4, 0.5) is 4.39 Å². The van der Waals surface area contributed by atoms with Crippen LogP contribution in [-0.2, 0) is 11.3 Å². The van der Waals surface area contributed by atoms with E-state index in [4.69, 9.17) is 5.11 Å². The number of nitrogens with zero attached hydrogens (tertiary/aromatic N) is 1. The summed E-state index contributed by atoms with van der Waals surface area (Å²) in [6.45, 7) is 6.85. The average Bonchev–Trinajstić information content (AvgIpc) is 2.42. The number of carboxylic acids is 1. The molecular weight excluding hydrogens is 257 g/mol. The third-order valence-electron chi connectivity index (χ3n) is 3.18. The SMILES string of the molecule is CCCCN(CC)Cc1ccc(F)cc1C=CC(=O)O.